The molecule has 0 aliphatic rings. The fraction of sp³-hybridized carbons (Fsp3) is 0.250. The maximum atomic E-state index is 13.9. The Kier molecular flexibility index (Phi) is 4.97. The summed E-state index contributed by atoms with van der Waals surface area (Å²) in [7, 11) is 3.78. The van der Waals surface area contributed by atoms with Gasteiger partial charge in [-0.1, -0.05) is 40.4 Å². The zero-order valence-electron chi connectivity index (χ0n) is 11.4. The second-order valence-corrected chi connectivity index (χ2v) is 6.50. The molecular formula is C12H14FN5OS2. The molecule has 9 heteroatoms. The van der Waals surface area contributed by atoms with Crippen LogP contribution in [-0.4, -0.2) is 35.3 Å². The number of aromatic nitrogens is 2. The van der Waals surface area contributed by atoms with Gasteiger partial charge in [-0.3, -0.25) is 0 Å². The number of anilines is 1. The lowest BCUT2D eigenvalue weighted by Gasteiger charge is -2.05. The van der Waals surface area contributed by atoms with Gasteiger partial charge in [-0.05, 0) is 11.6 Å². The van der Waals surface area contributed by atoms with E-state index in [0.29, 0.717) is 16.9 Å². The first-order valence-corrected chi connectivity index (χ1v) is 7.71. The lowest BCUT2D eigenvalue weighted by atomic mass is 10.1. The zero-order chi connectivity index (χ0) is 15.4. The molecule has 2 rings (SSSR count). The van der Waals surface area contributed by atoms with Gasteiger partial charge in [0.15, 0.2) is 10.2 Å². The lowest BCUT2D eigenvalue weighted by Crippen LogP contribution is -2.13. The van der Waals surface area contributed by atoms with Crippen molar-refractivity contribution in [2.24, 2.45) is 10.9 Å². The molecule has 0 saturated heterocycles. The van der Waals surface area contributed by atoms with Crippen molar-refractivity contribution in [3.63, 3.8) is 0 Å². The third-order valence-electron chi connectivity index (χ3n) is 2.59. The molecule has 0 bridgehead atoms. The van der Waals surface area contributed by atoms with Crippen LogP contribution < -0.4 is 10.6 Å². The normalized spacial score (nSPS) is 11.7. The molecule has 2 aromatic rings. The molecule has 0 amide bonds. The molecule has 6 nitrogen and oxygen atoms in total. The molecule has 0 atom stereocenters. The summed E-state index contributed by atoms with van der Waals surface area (Å²) in [5, 5.41) is 20.3. The summed E-state index contributed by atoms with van der Waals surface area (Å²) < 4.78 is 14.7. The molecule has 0 aliphatic heterocycles. The highest BCUT2D eigenvalue weighted by molar-refractivity contribution is 8.00. The van der Waals surface area contributed by atoms with Crippen LogP contribution in [0.2, 0.25) is 0 Å². The number of thioether (sulfide) groups is 1. The second-order valence-electron chi connectivity index (χ2n) is 4.33. The van der Waals surface area contributed by atoms with Crippen molar-refractivity contribution in [1.82, 2.24) is 10.2 Å². The van der Waals surface area contributed by atoms with E-state index in [9.17, 15) is 4.39 Å². The fourth-order valence-corrected chi connectivity index (χ4v) is 3.21. The van der Waals surface area contributed by atoms with Crippen molar-refractivity contribution < 1.29 is 9.60 Å². The van der Waals surface area contributed by atoms with E-state index in [1.54, 1.807) is 12.1 Å². The smallest absolute Gasteiger partial charge is 0.208 e. The fourth-order valence-electron chi connectivity index (χ4n) is 1.46. The number of nitrogens with zero attached hydrogens (tertiary/aromatic N) is 4. The zero-order valence-corrected chi connectivity index (χ0v) is 13.1. The third-order valence-corrected chi connectivity index (χ3v) is 4.86. The maximum Gasteiger partial charge on any atom is 0.208 e. The molecule has 1 heterocycles. The minimum absolute atomic E-state index is 0.118. The van der Waals surface area contributed by atoms with Crippen LogP contribution in [-0.2, 0) is 5.75 Å². The monoisotopic (exact) mass is 327 g/mol. The number of nitrogens with two attached hydrogens (primary N) is 1. The molecule has 21 heavy (non-hydrogen) atoms. The number of rotatable bonds is 5. The van der Waals surface area contributed by atoms with Crippen molar-refractivity contribution >= 4 is 34.1 Å². The van der Waals surface area contributed by atoms with E-state index >= 15 is 0 Å². The quantitative estimate of drug-likeness (QED) is 0.288. The van der Waals surface area contributed by atoms with Crippen LogP contribution in [0, 0.1) is 5.82 Å². The highest BCUT2D eigenvalue weighted by Crippen LogP contribution is 2.30. The average Bonchev–Trinajstić information content (AvgIpc) is 2.94. The van der Waals surface area contributed by atoms with E-state index in [-0.39, 0.29) is 5.84 Å². The summed E-state index contributed by atoms with van der Waals surface area (Å²) in [6.07, 6.45) is 0. The van der Waals surface area contributed by atoms with Gasteiger partial charge in [0.25, 0.3) is 0 Å². The standard InChI is InChI=1S/C12H14FN5OS2/c1-18(2)11-15-16-12(21-11)20-6-8-4-3-7(5-9(8)13)10(14)17-19/h3-5,19H,6H2,1-2H3,(H2,14,17). The summed E-state index contributed by atoms with van der Waals surface area (Å²) in [5.41, 5.74) is 6.28. The molecule has 0 unspecified atom stereocenters. The molecule has 112 valence electrons. The van der Waals surface area contributed by atoms with Gasteiger partial charge in [0.05, 0.1) is 0 Å². The van der Waals surface area contributed by atoms with Crippen LogP contribution in [0.5, 0.6) is 0 Å². The van der Waals surface area contributed by atoms with E-state index < -0.39 is 5.82 Å². The predicted octanol–water partition coefficient (Wildman–Crippen LogP) is 2.13. The molecule has 1 aromatic carbocycles. The lowest BCUT2D eigenvalue weighted by molar-refractivity contribution is 0.318. The minimum atomic E-state index is -0.399. The van der Waals surface area contributed by atoms with E-state index in [1.807, 2.05) is 19.0 Å². The van der Waals surface area contributed by atoms with E-state index in [2.05, 4.69) is 15.4 Å². The van der Waals surface area contributed by atoms with Crippen LogP contribution in [0.4, 0.5) is 9.52 Å². The maximum absolute atomic E-state index is 13.9. The number of hydrogen-bond acceptors (Lipinski definition) is 7. The first-order chi connectivity index (χ1) is 10.0. The summed E-state index contributed by atoms with van der Waals surface area (Å²) in [5.74, 6) is -0.0820. The molecule has 0 saturated carbocycles. The molecule has 0 radical (unpaired) electrons. The van der Waals surface area contributed by atoms with Crippen LogP contribution in [0.1, 0.15) is 11.1 Å². The second kappa shape index (κ2) is 6.72. The minimum Gasteiger partial charge on any atom is -0.409 e. The van der Waals surface area contributed by atoms with Crippen LogP contribution in [0.15, 0.2) is 27.7 Å². The third kappa shape index (κ3) is 3.82. The van der Waals surface area contributed by atoms with Gasteiger partial charge in [-0.15, -0.1) is 10.2 Å². The highest BCUT2D eigenvalue weighted by atomic mass is 32.2. The average molecular weight is 327 g/mol. The topological polar surface area (TPSA) is 87.6 Å². The van der Waals surface area contributed by atoms with Gasteiger partial charge in [0.2, 0.25) is 5.13 Å². The van der Waals surface area contributed by atoms with E-state index in [0.717, 1.165) is 9.47 Å². The summed E-state index contributed by atoms with van der Waals surface area (Å²) in [6, 6.07) is 4.47. The molecule has 0 aliphatic carbocycles. The summed E-state index contributed by atoms with van der Waals surface area (Å²) in [6.45, 7) is 0. The van der Waals surface area contributed by atoms with Crippen LogP contribution >= 0.6 is 23.1 Å². The van der Waals surface area contributed by atoms with Crippen molar-refractivity contribution in [1.29, 1.82) is 0 Å². The Morgan fingerprint density at radius 1 is 1.48 bits per heavy atom. The first-order valence-electron chi connectivity index (χ1n) is 5.91. The van der Waals surface area contributed by atoms with Gasteiger partial charge in [-0.2, -0.15) is 0 Å². The number of amidine groups is 1. The first kappa shape index (κ1) is 15.5. The van der Waals surface area contributed by atoms with E-state index in [4.69, 9.17) is 10.9 Å². The Morgan fingerprint density at radius 2 is 2.24 bits per heavy atom. The predicted molar refractivity (Wildman–Crippen MR) is 82.7 cm³/mol. The van der Waals surface area contributed by atoms with Gasteiger partial charge in [0.1, 0.15) is 5.82 Å². The number of halogens is 1. The van der Waals surface area contributed by atoms with Gasteiger partial charge >= 0.3 is 0 Å². The summed E-state index contributed by atoms with van der Waals surface area (Å²) in [4.78, 5) is 1.87. The summed E-state index contributed by atoms with van der Waals surface area (Å²) >= 11 is 2.86. The van der Waals surface area contributed by atoms with Crippen molar-refractivity contribution in [2.75, 3.05) is 19.0 Å². The Hall–Kier alpha value is -1.87. The largest absolute Gasteiger partial charge is 0.409 e. The molecule has 3 N–H and O–H groups in total. The van der Waals surface area contributed by atoms with Crippen LogP contribution in [0.3, 0.4) is 0 Å². The highest BCUT2D eigenvalue weighted by Gasteiger charge is 2.10. The number of hydrogen-bond donors (Lipinski definition) is 2. The molecule has 1 aromatic heterocycles. The van der Waals surface area contributed by atoms with Crippen molar-refractivity contribution in [3.05, 3.63) is 35.1 Å². The van der Waals surface area contributed by atoms with Gasteiger partial charge < -0.3 is 15.8 Å². The Bertz CT molecular complexity index is 659. The Morgan fingerprint density at radius 3 is 2.81 bits per heavy atom. The van der Waals surface area contributed by atoms with Gasteiger partial charge in [0, 0.05) is 25.4 Å². The van der Waals surface area contributed by atoms with Crippen molar-refractivity contribution in [2.45, 2.75) is 10.1 Å². The van der Waals surface area contributed by atoms with Gasteiger partial charge in [-0.25, -0.2) is 4.39 Å². The SMILES string of the molecule is CN(C)c1nnc(SCc2ccc(C(N)=NO)cc2F)s1. The van der Waals surface area contributed by atoms with Crippen molar-refractivity contribution in [3.8, 4) is 0 Å². The Balaban J connectivity index is 2.06. The molecular weight excluding hydrogens is 313 g/mol. The number of benzene rings is 1. The van der Waals surface area contributed by atoms with E-state index in [1.165, 1.54) is 29.2 Å². The van der Waals surface area contributed by atoms with Crippen LogP contribution in [0.25, 0.3) is 0 Å². The molecule has 0 spiro atoms. The Labute approximate surface area is 129 Å². The number of oxime groups is 1. The molecule has 0 fully saturated rings.